The SMILES string of the molecule is Cc1cc(N2CCC3(CC2)CO[C@@H](C)C3)n2cc(CO)nc2c1Sc1cccc(Cl)c1Cl. The number of fused-ring (bicyclic) bond motifs is 1. The molecule has 2 aliphatic heterocycles. The van der Waals surface area contributed by atoms with Crippen LogP contribution >= 0.6 is 35.0 Å². The molecule has 5 rings (SSSR count). The summed E-state index contributed by atoms with van der Waals surface area (Å²) in [5.41, 5.74) is 2.95. The van der Waals surface area contributed by atoms with Gasteiger partial charge >= 0.3 is 0 Å². The Balaban J connectivity index is 1.51. The number of pyridine rings is 1. The van der Waals surface area contributed by atoms with E-state index in [2.05, 4.69) is 29.2 Å². The lowest BCUT2D eigenvalue weighted by Crippen LogP contribution is -2.41. The molecule has 2 aliphatic rings. The predicted octanol–water partition coefficient (Wildman–Crippen LogP) is 5.99. The number of anilines is 1. The average Bonchev–Trinajstić information content (AvgIpc) is 3.37. The fourth-order valence-corrected chi connectivity index (χ4v) is 6.49. The minimum Gasteiger partial charge on any atom is -0.390 e. The molecule has 2 fully saturated rings. The summed E-state index contributed by atoms with van der Waals surface area (Å²) in [6.45, 7) is 7.05. The molecule has 4 heterocycles. The van der Waals surface area contributed by atoms with Crippen molar-refractivity contribution in [2.45, 2.75) is 55.6 Å². The lowest BCUT2D eigenvalue weighted by Gasteiger charge is -2.39. The Bertz CT molecular complexity index is 1160. The number of aliphatic hydroxyl groups is 1. The number of aliphatic hydroxyl groups excluding tert-OH is 1. The minimum atomic E-state index is -0.0967. The van der Waals surface area contributed by atoms with Gasteiger partial charge in [-0.1, -0.05) is 41.0 Å². The van der Waals surface area contributed by atoms with Crippen LogP contribution in [0.5, 0.6) is 0 Å². The quantitative estimate of drug-likeness (QED) is 0.485. The fraction of sp³-hybridized carbons (Fsp3) is 0.458. The van der Waals surface area contributed by atoms with Crippen LogP contribution in [0.2, 0.25) is 10.0 Å². The summed E-state index contributed by atoms with van der Waals surface area (Å²) in [7, 11) is 0. The third kappa shape index (κ3) is 4.01. The monoisotopic (exact) mass is 491 g/mol. The lowest BCUT2D eigenvalue weighted by molar-refractivity contribution is 0.0975. The summed E-state index contributed by atoms with van der Waals surface area (Å²) in [5.74, 6) is 1.12. The Morgan fingerprint density at radius 2 is 2.06 bits per heavy atom. The third-order valence-corrected chi connectivity index (χ3v) is 8.94. The number of halogens is 2. The fourth-order valence-electron chi connectivity index (χ4n) is 4.99. The second-order valence-corrected chi connectivity index (χ2v) is 10.9. The van der Waals surface area contributed by atoms with E-state index in [0.29, 0.717) is 27.3 Å². The van der Waals surface area contributed by atoms with Gasteiger partial charge in [0, 0.05) is 24.2 Å². The smallest absolute Gasteiger partial charge is 0.153 e. The molecule has 1 spiro atoms. The molecule has 0 radical (unpaired) electrons. The second kappa shape index (κ2) is 8.73. The third-order valence-electron chi connectivity index (χ3n) is 6.74. The standard InChI is InChI=1S/C24H27Cl2N3O2S/c1-15-10-20(28-8-6-24(7-9-28)11-16(2)31-14-24)29-12-17(13-30)27-23(29)22(15)32-19-5-3-4-18(25)21(19)26/h3-5,10,12,16,30H,6-9,11,13-14H2,1-2H3/t16-/m0/s1. The Kier molecular flexibility index (Phi) is 6.10. The van der Waals surface area contributed by atoms with Crippen molar-refractivity contribution in [1.82, 2.24) is 9.38 Å². The first-order valence-corrected chi connectivity index (χ1v) is 12.6. The highest BCUT2D eigenvalue weighted by Crippen LogP contribution is 2.44. The molecule has 0 unspecified atom stereocenters. The topological polar surface area (TPSA) is 50.0 Å². The molecule has 2 aromatic heterocycles. The number of hydrogen-bond acceptors (Lipinski definition) is 5. The Hall–Kier alpha value is -1.44. The zero-order valence-corrected chi connectivity index (χ0v) is 20.6. The van der Waals surface area contributed by atoms with Crippen molar-refractivity contribution in [2.75, 3.05) is 24.6 Å². The van der Waals surface area contributed by atoms with Crippen molar-refractivity contribution in [1.29, 1.82) is 0 Å². The highest BCUT2D eigenvalue weighted by atomic mass is 35.5. The normalized spacial score (nSPS) is 20.5. The maximum Gasteiger partial charge on any atom is 0.153 e. The van der Waals surface area contributed by atoms with Gasteiger partial charge < -0.3 is 14.7 Å². The number of piperidine rings is 1. The van der Waals surface area contributed by atoms with E-state index in [1.54, 1.807) is 17.8 Å². The van der Waals surface area contributed by atoms with Crippen molar-refractivity contribution in [3.05, 3.63) is 51.8 Å². The Morgan fingerprint density at radius 3 is 2.75 bits per heavy atom. The lowest BCUT2D eigenvalue weighted by atomic mass is 9.77. The van der Waals surface area contributed by atoms with Crippen LogP contribution in [0.1, 0.15) is 37.4 Å². The number of imidazole rings is 1. The summed E-state index contributed by atoms with van der Waals surface area (Å²) < 4.78 is 8.02. The van der Waals surface area contributed by atoms with E-state index in [9.17, 15) is 5.11 Å². The molecular formula is C24H27Cl2N3O2S. The largest absolute Gasteiger partial charge is 0.390 e. The molecule has 8 heteroatoms. The molecule has 0 aliphatic carbocycles. The van der Waals surface area contributed by atoms with E-state index in [-0.39, 0.29) is 6.61 Å². The number of rotatable bonds is 4. The highest BCUT2D eigenvalue weighted by molar-refractivity contribution is 7.99. The predicted molar refractivity (Wildman–Crippen MR) is 130 cm³/mol. The molecule has 1 N–H and O–H groups in total. The van der Waals surface area contributed by atoms with Gasteiger partial charge in [-0.3, -0.25) is 4.40 Å². The van der Waals surface area contributed by atoms with Gasteiger partial charge in [-0.05, 0) is 62.3 Å². The van der Waals surface area contributed by atoms with E-state index in [0.717, 1.165) is 65.8 Å². The zero-order chi connectivity index (χ0) is 22.5. The number of hydrogen-bond donors (Lipinski definition) is 1. The van der Waals surface area contributed by atoms with E-state index in [1.807, 2.05) is 18.3 Å². The summed E-state index contributed by atoms with van der Waals surface area (Å²) in [6.07, 6.45) is 5.73. The number of nitrogens with zero attached hydrogens (tertiary/aromatic N) is 3. The van der Waals surface area contributed by atoms with Gasteiger partial charge in [0.15, 0.2) is 5.65 Å². The maximum atomic E-state index is 9.79. The summed E-state index contributed by atoms with van der Waals surface area (Å²) in [5, 5.41) is 10.9. The Labute approximate surface area is 202 Å². The van der Waals surface area contributed by atoms with Crippen molar-refractivity contribution in [3.63, 3.8) is 0 Å². The van der Waals surface area contributed by atoms with Crippen LogP contribution < -0.4 is 4.90 Å². The average molecular weight is 492 g/mol. The summed E-state index contributed by atoms with van der Waals surface area (Å²) >= 11 is 14.3. The van der Waals surface area contributed by atoms with Gasteiger partial charge in [0.05, 0.1) is 40.0 Å². The van der Waals surface area contributed by atoms with Crippen LogP contribution in [-0.4, -0.2) is 40.3 Å². The molecule has 2 saturated heterocycles. The van der Waals surface area contributed by atoms with Crippen LogP contribution in [0.15, 0.2) is 40.3 Å². The van der Waals surface area contributed by atoms with Crippen LogP contribution in [0.4, 0.5) is 5.82 Å². The van der Waals surface area contributed by atoms with Crippen molar-refractivity contribution >= 4 is 46.4 Å². The first kappa shape index (κ1) is 22.4. The van der Waals surface area contributed by atoms with Crippen LogP contribution in [0.25, 0.3) is 5.65 Å². The number of benzene rings is 1. The molecule has 5 nitrogen and oxygen atoms in total. The van der Waals surface area contributed by atoms with Gasteiger partial charge in [0.2, 0.25) is 0 Å². The molecule has 0 saturated carbocycles. The van der Waals surface area contributed by atoms with Crippen molar-refractivity contribution in [3.8, 4) is 0 Å². The molecule has 0 amide bonds. The molecule has 0 bridgehead atoms. The maximum absolute atomic E-state index is 9.79. The van der Waals surface area contributed by atoms with Gasteiger partial charge in [-0.2, -0.15) is 0 Å². The van der Waals surface area contributed by atoms with E-state index < -0.39 is 0 Å². The molecule has 1 atom stereocenters. The highest BCUT2D eigenvalue weighted by Gasteiger charge is 2.41. The Morgan fingerprint density at radius 1 is 1.28 bits per heavy atom. The van der Waals surface area contributed by atoms with Crippen molar-refractivity contribution < 1.29 is 9.84 Å². The number of ether oxygens (including phenoxy) is 1. The van der Waals surface area contributed by atoms with Gasteiger partial charge in [-0.25, -0.2) is 4.98 Å². The molecule has 170 valence electrons. The molecule has 32 heavy (non-hydrogen) atoms. The van der Waals surface area contributed by atoms with Gasteiger partial charge in [0.25, 0.3) is 0 Å². The molecule has 1 aromatic carbocycles. The number of aromatic nitrogens is 2. The van der Waals surface area contributed by atoms with Gasteiger partial charge in [-0.15, -0.1) is 0 Å². The first-order valence-electron chi connectivity index (χ1n) is 11.0. The summed E-state index contributed by atoms with van der Waals surface area (Å²) in [6, 6.07) is 7.88. The van der Waals surface area contributed by atoms with Crippen LogP contribution in [-0.2, 0) is 11.3 Å². The first-order chi connectivity index (χ1) is 15.4. The zero-order valence-electron chi connectivity index (χ0n) is 18.3. The van der Waals surface area contributed by atoms with E-state index in [4.69, 9.17) is 32.9 Å². The van der Waals surface area contributed by atoms with Crippen LogP contribution in [0, 0.1) is 12.3 Å². The number of aryl methyl sites for hydroxylation is 1. The minimum absolute atomic E-state index is 0.0967. The van der Waals surface area contributed by atoms with Crippen molar-refractivity contribution in [2.24, 2.45) is 5.41 Å². The molecule has 3 aromatic rings. The molecular weight excluding hydrogens is 465 g/mol. The van der Waals surface area contributed by atoms with E-state index >= 15 is 0 Å². The summed E-state index contributed by atoms with van der Waals surface area (Å²) in [4.78, 5) is 9.10. The van der Waals surface area contributed by atoms with Crippen LogP contribution in [0.3, 0.4) is 0 Å². The van der Waals surface area contributed by atoms with E-state index in [1.165, 1.54) is 0 Å². The second-order valence-electron chi connectivity index (χ2n) is 9.07. The van der Waals surface area contributed by atoms with Gasteiger partial charge in [0.1, 0.15) is 5.82 Å².